The normalized spacial score (nSPS) is 18.1. The number of benzene rings is 1. The van der Waals surface area contributed by atoms with Crippen molar-refractivity contribution in [3.8, 4) is 5.75 Å². The van der Waals surface area contributed by atoms with E-state index in [4.69, 9.17) is 14.2 Å². The molecule has 3 atom stereocenters. The maximum atomic E-state index is 12.2. The number of ether oxygens (including phenoxy) is 3. The summed E-state index contributed by atoms with van der Waals surface area (Å²) in [6.07, 6.45) is 1.00. The number of amides is 1. The summed E-state index contributed by atoms with van der Waals surface area (Å²) in [7, 11) is 1.61. The summed E-state index contributed by atoms with van der Waals surface area (Å²) in [4.78, 5) is 22.5. The monoisotopic (exact) mass is 750 g/mol. The number of nitrogens with one attached hydrogen (secondary N) is 1. The number of hydrogen-bond acceptors (Lipinski definition) is 7. The Hall–Kier alpha value is -0.810. The standard InChI is InChI=1S/C19H21I3N4O4/c1-11(28-3)14-10-29-19(27)26(14)16-6-7-23-18(25-16)24-9-12-4-5-15(13(20)8-12)30-17(21)22-2/h4-8,11,14,17H,2,9-10H2,1,3H3,(H,23,24,25)/t11-,14-,17?/m1/s1. The molecule has 11 heteroatoms. The van der Waals surface area contributed by atoms with E-state index in [9.17, 15) is 4.79 Å². The average Bonchev–Trinajstić information content (AvgIpc) is 3.14. The number of alkyl halides is 2. The van der Waals surface area contributed by atoms with Crippen molar-refractivity contribution in [1.29, 1.82) is 0 Å². The van der Waals surface area contributed by atoms with Crippen molar-refractivity contribution < 1.29 is 19.0 Å². The van der Waals surface area contributed by atoms with Gasteiger partial charge in [-0.25, -0.2) is 9.78 Å². The van der Waals surface area contributed by atoms with Crippen molar-refractivity contribution in [2.45, 2.75) is 27.7 Å². The molecule has 1 aromatic heterocycles. The molecule has 1 unspecified atom stereocenters. The van der Waals surface area contributed by atoms with Gasteiger partial charge in [0.15, 0.2) is 2.12 Å². The molecular formula is C19H21I3N4O4. The minimum atomic E-state index is -0.433. The number of carbonyl (C=O) groups excluding carboxylic acids is 1. The fourth-order valence-electron chi connectivity index (χ4n) is 2.83. The molecule has 0 saturated carbocycles. The Morgan fingerprint density at radius 2 is 2.27 bits per heavy atom. The van der Waals surface area contributed by atoms with Gasteiger partial charge in [-0.2, -0.15) is 4.98 Å². The van der Waals surface area contributed by atoms with Crippen LogP contribution in [0.2, 0.25) is 0 Å². The lowest BCUT2D eigenvalue weighted by Crippen LogP contribution is -2.42. The van der Waals surface area contributed by atoms with Crippen molar-refractivity contribution in [3.63, 3.8) is 0 Å². The van der Waals surface area contributed by atoms with E-state index >= 15 is 0 Å². The maximum absolute atomic E-state index is 12.2. The number of methoxy groups -OCH3 is 1. The zero-order chi connectivity index (χ0) is 21.7. The van der Waals surface area contributed by atoms with Crippen LogP contribution in [-0.4, -0.2) is 48.6 Å². The van der Waals surface area contributed by atoms with Gasteiger partial charge in [-0.15, -0.1) is 0 Å². The number of cyclic esters (lactones) is 1. The Morgan fingerprint density at radius 1 is 1.47 bits per heavy atom. The second-order valence-corrected chi connectivity index (χ2v) is 13.0. The predicted molar refractivity (Wildman–Crippen MR) is 142 cm³/mol. The molecule has 0 bridgehead atoms. The van der Waals surface area contributed by atoms with Gasteiger partial charge in [0.2, 0.25) is 5.95 Å². The van der Waals surface area contributed by atoms with Crippen molar-refractivity contribution in [2.75, 3.05) is 23.9 Å². The van der Waals surface area contributed by atoms with E-state index in [2.05, 4.69) is 71.0 Å². The van der Waals surface area contributed by atoms with E-state index in [1.807, 2.05) is 19.1 Å². The number of carbonyl (C=O) groups is 1. The number of aromatic nitrogens is 2. The first kappa shape index (κ1) is 23.8. The number of rotatable bonds is 9. The summed E-state index contributed by atoms with van der Waals surface area (Å²) in [6.45, 7) is 2.70. The van der Waals surface area contributed by atoms with Crippen molar-refractivity contribution in [1.82, 2.24) is 9.97 Å². The fourth-order valence-corrected chi connectivity index (χ4v) is 4.26. The highest BCUT2D eigenvalue weighted by Gasteiger charge is 2.38. The summed E-state index contributed by atoms with van der Waals surface area (Å²) in [5.41, 5.74) is 1.07. The van der Waals surface area contributed by atoms with Crippen LogP contribution in [0.15, 0.2) is 30.5 Å². The van der Waals surface area contributed by atoms with E-state index in [0.717, 1.165) is 14.9 Å². The third kappa shape index (κ3) is 5.91. The van der Waals surface area contributed by atoms with Gasteiger partial charge in [0, 0.05) is 19.9 Å². The molecule has 1 fully saturated rings. The SMILES string of the molecule is C=IC(I)Oc1ccc(CNc2nccc(N3C(=O)OC[C@@H]3[C@@H](C)OC)n2)cc1I. The average molecular weight is 750 g/mol. The molecule has 1 N–H and O–H groups in total. The van der Waals surface area contributed by atoms with Crippen LogP contribution in [0.1, 0.15) is 12.5 Å². The van der Waals surface area contributed by atoms with E-state index in [1.54, 1.807) is 19.4 Å². The molecule has 3 rings (SSSR count). The highest BCUT2D eigenvalue weighted by atomic mass is 127. The van der Waals surface area contributed by atoms with Crippen molar-refractivity contribution in [3.05, 3.63) is 39.6 Å². The largest absolute Gasteiger partial charge is 0.470 e. The van der Waals surface area contributed by atoms with Crippen LogP contribution >= 0.6 is 65.9 Å². The van der Waals surface area contributed by atoms with E-state index in [1.165, 1.54) is 4.90 Å². The van der Waals surface area contributed by atoms with Crippen molar-refractivity contribution >= 4 is 88.3 Å². The minimum absolute atomic E-state index is 0.150. The van der Waals surface area contributed by atoms with Gasteiger partial charge in [0.1, 0.15) is 24.2 Å². The summed E-state index contributed by atoms with van der Waals surface area (Å²) in [5.74, 6) is 1.78. The fraction of sp³-hybridized carbons (Fsp3) is 0.368. The summed E-state index contributed by atoms with van der Waals surface area (Å²) < 4.78 is 21.6. The van der Waals surface area contributed by atoms with Gasteiger partial charge < -0.3 is 19.5 Å². The smallest absolute Gasteiger partial charge is 0.416 e. The van der Waals surface area contributed by atoms with Crippen molar-refractivity contribution in [2.24, 2.45) is 0 Å². The lowest BCUT2D eigenvalue weighted by molar-refractivity contribution is 0.0881. The van der Waals surface area contributed by atoms with E-state index < -0.39 is 6.09 Å². The molecule has 0 aliphatic carbocycles. The Morgan fingerprint density at radius 3 is 2.97 bits per heavy atom. The summed E-state index contributed by atoms with van der Waals surface area (Å²) in [5, 5.41) is 3.21. The Bertz CT molecular complexity index is 917. The molecule has 1 aromatic carbocycles. The zero-order valence-electron chi connectivity index (χ0n) is 16.3. The molecule has 8 nitrogen and oxygen atoms in total. The highest BCUT2D eigenvalue weighted by molar-refractivity contribution is 14.2. The van der Waals surface area contributed by atoms with E-state index in [0.29, 0.717) is 18.3 Å². The van der Waals surface area contributed by atoms with Gasteiger partial charge >= 0.3 is 6.09 Å². The van der Waals surface area contributed by atoms with Gasteiger partial charge in [0.25, 0.3) is 0 Å². The quantitative estimate of drug-likeness (QED) is 0.298. The lowest BCUT2D eigenvalue weighted by atomic mass is 10.2. The molecule has 1 saturated heterocycles. The number of halogens is 3. The lowest BCUT2D eigenvalue weighted by Gasteiger charge is -2.24. The van der Waals surface area contributed by atoms with Crippen LogP contribution in [0.25, 0.3) is 0 Å². The van der Waals surface area contributed by atoms with Crippen LogP contribution < -0.4 is 15.0 Å². The van der Waals surface area contributed by atoms with E-state index in [-0.39, 0.29) is 41.6 Å². The van der Waals surface area contributed by atoms with Crippen LogP contribution in [0.4, 0.5) is 16.6 Å². The molecular weight excluding hydrogens is 729 g/mol. The predicted octanol–water partition coefficient (Wildman–Crippen LogP) is 4.55. The first-order chi connectivity index (χ1) is 14.4. The zero-order valence-corrected chi connectivity index (χ0v) is 22.8. The first-order valence-electron chi connectivity index (χ1n) is 8.94. The molecule has 1 aliphatic heterocycles. The van der Waals surface area contributed by atoms with Crippen LogP contribution in [-0.2, 0) is 16.0 Å². The van der Waals surface area contributed by atoms with Crippen LogP contribution in [0.3, 0.4) is 0 Å². The third-order valence-electron chi connectivity index (χ3n) is 4.49. The highest BCUT2D eigenvalue weighted by Crippen LogP contribution is 2.28. The molecule has 2 heterocycles. The maximum Gasteiger partial charge on any atom is 0.416 e. The number of hydrogen-bond donors (Lipinski definition) is 1. The molecule has 0 spiro atoms. The summed E-state index contributed by atoms with van der Waals surface area (Å²) in [6, 6.07) is 7.49. The van der Waals surface area contributed by atoms with Gasteiger partial charge in [-0.05, 0) is 75.9 Å². The first-order valence-corrected chi connectivity index (χ1v) is 14.0. The molecule has 1 amide bonds. The second kappa shape index (κ2) is 11.2. The molecule has 162 valence electrons. The van der Waals surface area contributed by atoms with Crippen LogP contribution in [0.5, 0.6) is 5.75 Å². The number of nitrogens with zero attached hydrogens (tertiary/aromatic N) is 3. The molecule has 2 aromatic rings. The van der Waals surface area contributed by atoms with Gasteiger partial charge in [-0.1, -0.05) is 31.3 Å². The third-order valence-corrected chi connectivity index (χ3v) is 8.77. The number of anilines is 2. The summed E-state index contributed by atoms with van der Waals surface area (Å²) >= 11 is 4.32. The Labute approximate surface area is 212 Å². The molecule has 1 aliphatic rings. The second-order valence-electron chi connectivity index (χ2n) is 6.34. The van der Waals surface area contributed by atoms with Gasteiger partial charge in [0.05, 0.1) is 9.67 Å². The van der Waals surface area contributed by atoms with Gasteiger partial charge in [-0.3, -0.25) is 4.90 Å². The molecule has 0 radical (unpaired) electrons. The Kier molecular flexibility index (Phi) is 8.88. The van der Waals surface area contributed by atoms with Crippen LogP contribution in [0, 0.1) is 3.57 Å². The Balaban J connectivity index is 1.69. The minimum Gasteiger partial charge on any atom is -0.470 e. The topological polar surface area (TPSA) is 85.8 Å². The molecule has 30 heavy (non-hydrogen) atoms.